The van der Waals surface area contributed by atoms with Crippen LogP contribution in [0.4, 0.5) is 13.2 Å². The van der Waals surface area contributed by atoms with E-state index in [1.807, 2.05) is 0 Å². The van der Waals surface area contributed by atoms with Gasteiger partial charge in [-0.05, 0) is 29.8 Å². The van der Waals surface area contributed by atoms with E-state index in [0.29, 0.717) is 5.02 Å². The van der Waals surface area contributed by atoms with Gasteiger partial charge in [-0.3, -0.25) is 0 Å². The molecule has 2 aromatic carbocycles. The van der Waals surface area contributed by atoms with Crippen molar-refractivity contribution in [3.8, 4) is 22.4 Å². The fourth-order valence-electron chi connectivity index (χ4n) is 2.79. The fourth-order valence-corrected chi connectivity index (χ4v) is 3.55. The summed E-state index contributed by atoms with van der Waals surface area (Å²) in [5, 5.41) is 4.17. The molecule has 0 saturated heterocycles. The summed E-state index contributed by atoms with van der Waals surface area (Å²) in [5.41, 5.74) is -1.45. The van der Waals surface area contributed by atoms with Crippen molar-refractivity contribution in [2.75, 3.05) is 6.26 Å². The summed E-state index contributed by atoms with van der Waals surface area (Å²) in [6, 6.07) is 10.8. The Bertz CT molecular complexity index is 1200. The van der Waals surface area contributed by atoms with Gasteiger partial charge < -0.3 is 4.84 Å². The summed E-state index contributed by atoms with van der Waals surface area (Å²) in [6.07, 6.45) is -3.90. The van der Waals surface area contributed by atoms with E-state index < -0.39 is 27.7 Å². The lowest BCUT2D eigenvalue weighted by atomic mass is 9.98. The normalized spacial score (nSPS) is 12.1. The van der Waals surface area contributed by atoms with Gasteiger partial charge >= 0.3 is 12.1 Å². The molecule has 0 unspecified atom stereocenters. The minimum atomic E-state index is -4.91. The lowest BCUT2D eigenvalue weighted by molar-refractivity contribution is -0.161. The Morgan fingerprint density at radius 3 is 2.03 bits per heavy atom. The van der Waals surface area contributed by atoms with Crippen LogP contribution >= 0.6 is 11.6 Å². The van der Waals surface area contributed by atoms with Gasteiger partial charge in [0.25, 0.3) is 0 Å². The summed E-state index contributed by atoms with van der Waals surface area (Å²) in [5.74, 6) is -0.996. The summed E-state index contributed by atoms with van der Waals surface area (Å²) in [4.78, 5) is 16.1. The number of rotatable bonds is 4. The van der Waals surface area contributed by atoms with Gasteiger partial charge in [0.15, 0.2) is 15.5 Å². The number of sulfone groups is 1. The zero-order valence-electron chi connectivity index (χ0n) is 15.6. The quantitative estimate of drug-likeness (QED) is 0.583. The highest BCUT2D eigenvalue weighted by molar-refractivity contribution is 7.90. The van der Waals surface area contributed by atoms with Crippen LogP contribution in [0.25, 0.3) is 22.4 Å². The maximum atomic E-state index is 13.9. The van der Waals surface area contributed by atoms with Crippen molar-refractivity contribution in [1.29, 1.82) is 0 Å². The Morgan fingerprint density at radius 1 is 1.03 bits per heavy atom. The SMILES string of the molecule is CC(=O)On1nc(-c2ccc(S(C)(=O)=O)cc2)c(-c2ccc(Cl)cc2)c1C(F)(F)F. The molecule has 0 aliphatic rings. The molecule has 11 heteroatoms. The molecule has 0 atom stereocenters. The van der Waals surface area contributed by atoms with Crippen LogP contribution in [0.1, 0.15) is 12.6 Å². The summed E-state index contributed by atoms with van der Waals surface area (Å²) < 4.78 is 65.1. The molecule has 3 rings (SSSR count). The molecule has 0 aliphatic heterocycles. The van der Waals surface area contributed by atoms with Crippen molar-refractivity contribution in [2.24, 2.45) is 0 Å². The molecule has 1 aromatic heterocycles. The molecular formula is C19H14ClF3N2O4S. The molecule has 158 valence electrons. The largest absolute Gasteiger partial charge is 0.437 e. The van der Waals surface area contributed by atoms with E-state index >= 15 is 0 Å². The van der Waals surface area contributed by atoms with E-state index in [1.165, 1.54) is 48.5 Å². The highest BCUT2D eigenvalue weighted by Gasteiger charge is 2.42. The molecule has 1 heterocycles. The summed E-state index contributed by atoms with van der Waals surface area (Å²) in [6.45, 7) is 0.949. The molecular weight excluding hydrogens is 445 g/mol. The van der Waals surface area contributed by atoms with Crippen LogP contribution in [0.15, 0.2) is 53.4 Å². The number of halogens is 4. The maximum Gasteiger partial charge on any atom is 0.437 e. The maximum absolute atomic E-state index is 13.9. The van der Waals surface area contributed by atoms with Crippen LogP contribution in [0.3, 0.4) is 0 Å². The first kappa shape index (κ1) is 21.8. The van der Waals surface area contributed by atoms with Crippen LogP contribution in [-0.2, 0) is 20.8 Å². The number of nitrogens with zero attached hydrogens (tertiary/aromatic N) is 2. The predicted octanol–water partition coefficient (Wildman–Crippen LogP) is 4.27. The summed E-state index contributed by atoms with van der Waals surface area (Å²) >= 11 is 5.85. The van der Waals surface area contributed by atoms with Crippen LogP contribution < -0.4 is 4.84 Å². The number of hydrogen-bond acceptors (Lipinski definition) is 5. The zero-order chi connectivity index (χ0) is 22.3. The Kier molecular flexibility index (Phi) is 5.66. The number of carbonyl (C=O) groups excluding carboxylic acids is 1. The third-order valence-corrected chi connectivity index (χ3v) is 5.41. The van der Waals surface area contributed by atoms with E-state index in [0.717, 1.165) is 13.2 Å². The highest BCUT2D eigenvalue weighted by atomic mass is 35.5. The van der Waals surface area contributed by atoms with Gasteiger partial charge in [-0.25, -0.2) is 13.2 Å². The second-order valence-corrected chi connectivity index (χ2v) is 8.78. The monoisotopic (exact) mass is 458 g/mol. The van der Waals surface area contributed by atoms with Crippen molar-refractivity contribution in [3.05, 3.63) is 59.2 Å². The Balaban J connectivity index is 2.32. The average molecular weight is 459 g/mol. The Morgan fingerprint density at radius 2 is 1.57 bits per heavy atom. The third kappa shape index (κ3) is 4.49. The smallest absolute Gasteiger partial charge is 0.319 e. The molecule has 0 bridgehead atoms. The standard InChI is InChI=1S/C19H14ClF3N2O4S/c1-11(26)29-25-18(19(21,22)23)16(12-3-7-14(20)8-4-12)17(24-25)13-5-9-15(10-6-13)30(2,27)28/h3-10H,1-2H3. The van der Waals surface area contributed by atoms with Crippen molar-refractivity contribution in [2.45, 2.75) is 18.0 Å². The second-order valence-electron chi connectivity index (χ2n) is 6.33. The molecule has 0 spiro atoms. The lowest BCUT2D eigenvalue weighted by Gasteiger charge is -2.12. The Hall–Kier alpha value is -2.85. The molecule has 0 radical (unpaired) electrons. The lowest BCUT2D eigenvalue weighted by Crippen LogP contribution is -2.24. The molecule has 0 aliphatic carbocycles. The van der Waals surface area contributed by atoms with E-state index in [4.69, 9.17) is 11.6 Å². The van der Waals surface area contributed by atoms with Gasteiger partial charge in [0, 0.05) is 29.3 Å². The first-order valence-electron chi connectivity index (χ1n) is 8.33. The van der Waals surface area contributed by atoms with Crippen molar-refractivity contribution in [3.63, 3.8) is 0 Å². The van der Waals surface area contributed by atoms with Crippen LogP contribution in [0.5, 0.6) is 0 Å². The predicted molar refractivity (Wildman–Crippen MR) is 103 cm³/mol. The van der Waals surface area contributed by atoms with Gasteiger partial charge in [-0.15, -0.1) is 5.10 Å². The first-order valence-corrected chi connectivity index (χ1v) is 10.6. The molecule has 6 nitrogen and oxygen atoms in total. The van der Waals surface area contributed by atoms with Crippen molar-refractivity contribution < 1.29 is 31.2 Å². The number of aromatic nitrogens is 2. The van der Waals surface area contributed by atoms with Crippen molar-refractivity contribution in [1.82, 2.24) is 9.94 Å². The third-order valence-electron chi connectivity index (χ3n) is 4.03. The number of alkyl halides is 3. The van der Waals surface area contributed by atoms with Gasteiger partial charge in [0.1, 0.15) is 5.69 Å². The van der Waals surface area contributed by atoms with Gasteiger partial charge in [-0.2, -0.15) is 13.2 Å². The first-order chi connectivity index (χ1) is 13.9. The zero-order valence-corrected chi connectivity index (χ0v) is 17.1. The molecule has 0 saturated carbocycles. The van der Waals surface area contributed by atoms with E-state index in [2.05, 4.69) is 9.94 Å². The molecule has 30 heavy (non-hydrogen) atoms. The second kappa shape index (κ2) is 7.77. The van der Waals surface area contributed by atoms with Gasteiger partial charge in [0.2, 0.25) is 0 Å². The summed E-state index contributed by atoms with van der Waals surface area (Å²) in [7, 11) is -3.50. The molecule has 0 fully saturated rings. The van der Waals surface area contributed by atoms with E-state index in [1.54, 1.807) is 0 Å². The van der Waals surface area contributed by atoms with E-state index in [-0.39, 0.29) is 32.1 Å². The van der Waals surface area contributed by atoms with Crippen LogP contribution in [0, 0.1) is 0 Å². The Labute approximate surface area is 174 Å². The number of hydrogen-bond donors (Lipinski definition) is 0. The van der Waals surface area contributed by atoms with Gasteiger partial charge in [-0.1, -0.05) is 40.7 Å². The van der Waals surface area contributed by atoms with Crippen molar-refractivity contribution >= 4 is 27.4 Å². The van der Waals surface area contributed by atoms with Gasteiger partial charge in [0.05, 0.1) is 4.90 Å². The van der Waals surface area contributed by atoms with Crippen LogP contribution in [0.2, 0.25) is 5.02 Å². The average Bonchev–Trinajstić information content (AvgIpc) is 3.00. The fraction of sp³-hybridized carbons (Fsp3) is 0.158. The molecule has 0 amide bonds. The number of benzene rings is 2. The van der Waals surface area contributed by atoms with Crippen LogP contribution in [-0.4, -0.2) is 30.6 Å². The number of carbonyl (C=O) groups is 1. The minimum Gasteiger partial charge on any atom is -0.319 e. The molecule has 0 N–H and O–H groups in total. The minimum absolute atomic E-state index is 0.00486. The highest BCUT2D eigenvalue weighted by Crippen LogP contribution is 2.42. The van der Waals surface area contributed by atoms with E-state index in [9.17, 15) is 26.4 Å². The topological polar surface area (TPSA) is 78.3 Å². The molecule has 3 aromatic rings.